The molecule has 0 saturated carbocycles. The Labute approximate surface area is 174 Å². The number of para-hydroxylation sites is 1. The summed E-state index contributed by atoms with van der Waals surface area (Å²) in [6.07, 6.45) is -0.0709. The molecule has 2 aromatic carbocycles. The number of carbonyl (C=O) groups is 1. The third-order valence-electron chi connectivity index (χ3n) is 5.16. The number of likely N-dealkylation sites (tertiary alicyclic amines) is 1. The number of ether oxygens (including phenoxy) is 1. The lowest BCUT2D eigenvalue weighted by Crippen LogP contribution is -2.43. The van der Waals surface area contributed by atoms with Crippen molar-refractivity contribution in [3.8, 4) is 5.75 Å². The fourth-order valence-corrected chi connectivity index (χ4v) is 3.55. The van der Waals surface area contributed by atoms with Gasteiger partial charge in [-0.25, -0.2) is 0 Å². The third kappa shape index (κ3) is 6.10. The number of methoxy groups -OCH3 is 1. The van der Waals surface area contributed by atoms with Crippen LogP contribution in [0.3, 0.4) is 0 Å². The minimum absolute atomic E-state index is 0.0533. The SMILES string of the molecule is COc1ccccc1CN1CCC(NC(=O)C=Cc2cccc(C(F)(F)F)c2)CC1. The summed E-state index contributed by atoms with van der Waals surface area (Å²) in [6, 6.07) is 12.9. The van der Waals surface area contributed by atoms with E-state index in [2.05, 4.69) is 10.2 Å². The maximum Gasteiger partial charge on any atom is 0.416 e. The first-order chi connectivity index (χ1) is 14.3. The molecule has 1 aliphatic rings. The molecule has 3 rings (SSSR count). The Morgan fingerprint density at radius 1 is 1.17 bits per heavy atom. The number of piperidine rings is 1. The second-order valence-electron chi connectivity index (χ2n) is 7.33. The van der Waals surface area contributed by atoms with Crippen molar-refractivity contribution >= 4 is 12.0 Å². The fraction of sp³-hybridized carbons (Fsp3) is 0.348. The highest BCUT2D eigenvalue weighted by Gasteiger charge is 2.30. The Kier molecular flexibility index (Phi) is 7.15. The van der Waals surface area contributed by atoms with E-state index in [4.69, 9.17) is 4.74 Å². The smallest absolute Gasteiger partial charge is 0.416 e. The van der Waals surface area contributed by atoms with Crippen LogP contribution in [0.2, 0.25) is 0 Å². The van der Waals surface area contributed by atoms with Gasteiger partial charge in [0.05, 0.1) is 12.7 Å². The van der Waals surface area contributed by atoms with E-state index in [1.165, 1.54) is 24.3 Å². The molecular weight excluding hydrogens is 393 g/mol. The van der Waals surface area contributed by atoms with E-state index >= 15 is 0 Å². The Morgan fingerprint density at radius 3 is 2.60 bits per heavy atom. The standard InChI is InChI=1S/C23H25F3N2O2/c1-30-21-8-3-2-6-18(21)16-28-13-11-20(12-14-28)27-22(29)10-9-17-5-4-7-19(15-17)23(24,25)26/h2-10,15,20H,11-14,16H2,1H3,(H,27,29). The lowest BCUT2D eigenvalue weighted by atomic mass is 10.0. The monoisotopic (exact) mass is 418 g/mol. The zero-order valence-corrected chi connectivity index (χ0v) is 16.8. The van der Waals surface area contributed by atoms with Gasteiger partial charge in [-0.3, -0.25) is 9.69 Å². The van der Waals surface area contributed by atoms with Gasteiger partial charge >= 0.3 is 6.18 Å². The maximum atomic E-state index is 12.8. The highest BCUT2D eigenvalue weighted by atomic mass is 19.4. The van der Waals surface area contributed by atoms with Crippen LogP contribution < -0.4 is 10.1 Å². The summed E-state index contributed by atoms with van der Waals surface area (Å²) >= 11 is 0. The number of nitrogens with zero attached hydrogens (tertiary/aromatic N) is 1. The molecule has 0 aromatic heterocycles. The van der Waals surface area contributed by atoms with Gasteiger partial charge in [0.15, 0.2) is 0 Å². The minimum Gasteiger partial charge on any atom is -0.496 e. The van der Waals surface area contributed by atoms with E-state index in [1.807, 2.05) is 24.3 Å². The van der Waals surface area contributed by atoms with Gasteiger partial charge in [0.1, 0.15) is 5.75 Å². The van der Waals surface area contributed by atoms with Crippen LogP contribution >= 0.6 is 0 Å². The van der Waals surface area contributed by atoms with Gasteiger partial charge in [-0.05, 0) is 42.7 Å². The van der Waals surface area contributed by atoms with E-state index in [9.17, 15) is 18.0 Å². The van der Waals surface area contributed by atoms with E-state index in [0.29, 0.717) is 5.56 Å². The lowest BCUT2D eigenvalue weighted by molar-refractivity contribution is -0.137. The average molecular weight is 418 g/mol. The number of hydrogen-bond donors (Lipinski definition) is 1. The Balaban J connectivity index is 1.48. The highest BCUT2D eigenvalue weighted by Crippen LogP contribution is 2.29. The second kappa shape index (κ2) is 9.80. The lowest BCUT2D eigenvalue weighted by Gasteiger charge is -2.32. The molecule has 1 saturated heterocycles. The van der Waals surface area contributed by atoms with Crippen LogP contribution in [0.25, 0.3) is 6.08 Å². The molecule has 1 aliphatic heterocycles. The van der Waals surface area contributed by atoms with Crippen molar-refractivity contribution in [2.75, 3.05) is 20.2 Å². The number of nitrogens with one attached hydrogen (secondary N) is 1. The molecular formula is C23H25F3N2O2. The van der Waals surface area contributed by atoms with E-state index in [1.54, 1.807) is 7.11 Å². The molecule has 0 aliphatic carbocycles. The van der Waals surface area contributed by atoms with E-state index in [0.717, 1.165) is 55.9 Å². The van der Waals surface area contributed by atoms with Crippen molar-refractivity contribution in [1.82, 2.24) is 10.2 Å². The van der Waals surface area contributed by atoms with Crippen LogP contribution in [-0.2, 0) is 17.5 Å². The van der Waals surface area contributed by atoms with Gasteiger partial charge in [-0.2, -0.15) is 13.2 Å². The maximum absolute atomic E-state index is 12.8. The molecule has 1 fully saturated rings. The normalized spacial score (nSPS) is 16.0. The van der Waals surface area contributed by atoms with Crippen molar-refractivity contribution in [2.45, 2.75) is 31.6 Å². The molecule has 1 N–H and O–H groups in total. The molecule has 160 valence electrons. The first-order valence-corrected chi connectivity index (χ1v) is 9.85. The molecule has 30 heavy (non-hydrogen) atoms. The minimum atomic E-state index is -4.40. The van der Waals surface area contributed by atoms with Crippen LogP contribution in [0.5, 0.6) is 5.75 Å². The molecule has 1 amide bonds. The number of halogens is 3. The first kappa shape index (κ1) is 21.9. The molecule has 0 radical (unpaired) electrons. The largest absolute Gasteiger partial charge is 0.496 e. The van der Waals surface area contributed by atoms with Gasteiger partial charge in [-0.15, -0.1) is 0 Å². The van der Waals surface area contributed by atoms with Crippen LogP contribution in [0.15, 0.2) is 54.6 Å². The van der Waals surface area contributed by atoms with Crippen molar-refractivity contribution in [3.05, 3.63) is 71.3 Å². The van der Waals surface area contributed by atoms with Gasteiger partial charge in [-0.1, -0.05) is 30.3 Å². The van der Waals surface area contributed by atoms with Crippen LogP contribution in [0.4, 0.5) is 13.2 Å². The second-order valence-corrected chi connectivity index (χ2v) is 7.33. The van der Waals surface area contributed by atoms with Crippen molar-refractivity contribution in [2.24, 2.45) is 0 Å². The molecule has 0 bridgehead atoms. The van der Waals surface area contributed by atoms with Crippen molar-refractivity contribution < 1.29 is 22.7 Å². The molecule has 1 heterocycles. The summed E-state index contributed by atoms with van der Waals surface area (Å²) in [5.41, 5.74) is 0.741. The summed E-state index contributed by atoms with van der Waals surface area (Å²) in [6.45, 7) is 2.49. The summed E-state index contributed by atoms with van der Waals surface area (Å²) < 4.78 is 43.7. The summed E-state index contributed by atoms with van der Waals surface area (Å²) in [5, 5.41) is 2.94. The molecule has 4 nitrogen and oxygen atoms in total. The summed E-state index contributed by atoms with van der Waals surface area (Å²) in [5.74, 6) is 0.572. The van der Waals surface area contributed by atoms with Crippen molar-refractivity contribution in [1.29, 1.82) is 0 Å². The quantitative estimate of drug-likeness (QED) is 0.702. The Bertz CT molecular complexity index is 888. The third-order valence-corrected chi connectivity index (χ3v) is 5.16. The zero-order valence-electron chi connectivity index (χ0n) is 16.8. The number of alkyl halides is 3. The van der Waals surface area contributed by atoms with E-state index < -0.39 is 11.7 Å². The number of rotatable bonds is 6. The molecule has 0 atom stereocenters. The van der Waals surface area contributed by atoms with Gasteiger partial charge < -0.3 is 10.1 Å². The summed E-state index contributed by atoms with van der Waals surface area (Å²) in [7, 11) is 1.66. The fourth-order valence-electron chi connectivity index (χ4n) is 3.55. The van der Waals surface area contributed by atoms with Gasteiger partial charge in [0.2, 0.25) is 5.91 Å². The number of carbonyl (C=O) groups excluding carboxylic acids is 1. The Morgan fingerprint density at radius 2 is 1.90 bits per heavy atom. The van der Waals surface area contributed by atoms with Crippen molar-refractivity contribution in [3.63, 3.8) is 0 Å². The molecule has 0 spiro atoms. The molecule has 0 unspecified atom stereocenters. The predicted octanol–water partition coefficient (Wildman–Crippen LogP) is 4.51. The molecule has 2 aromatic rings. The topological polar surface area (TPSA) is 41.6 Å². The van der Waals surface area contributed by atoms with E-state index in [-0.39, 0.29) is 11.9 Å². The van der Waals surface area contributed by atoms with Gasteiger partial charge in [0, 0.05) is 37.3 Å². The number of hydrogen-bond acceptors (Lipinski definition) is 3. The average Bonchev–Trinajstić information content (AvgIpc) is 2.74. The number of benzene rings is 2. The predicted molar refractivity (Wildman–Crippen MR) is 110 cm³/mol. The zero-order chi connectivity index (χ0) is 21.6. The highest BCUT2D eigenvalue weighted by molar-refractivity contribution is 5.91. The Hall–Kier alpha value is -2.80. The number of amides is 1. The van der Waals surface area contributed by atoms with Gasteiger partial charge in [0.25, 0.3) is 0 Å². The summed E-state index contributed by atoms with van der Waals surface area (Å²) in [4.78, 5) is 14.5. The molecule has 7 heteroatoms. The van der Waals surface area contributed by atoms with Crippen LogP contribution in [-0.4, -0.2) is 37.0 Å². The van der Waals surface area contributed by atoms with Crippen LogP contribution in [0, 0.1) is 0 Å². The van der Waals surface area contributed by atoms with Crippen LogP contribution in [0.1, 0.15) is 29.5 Å². The first-order valence-electron chi connectivity index (χ1n) is 9.85.